The first-order valence-corrected chi connectivity index (χ1v) is 13.3. The molecule has 0 aromatic heterocycles. The molecule has 0 aliphatic heterocycles. The third kappa shape index (κ3) is 4.28. The van der Waals surface area contributed by atoms with E-state index in [1.807, 2.05) is 98.8 Å². The van der Waals surface area contributed by atoms with Crippen LogP contribution in [0.15, 0.2) is 105 Å². The second-order valence-electron chi connectivity index (χ2n) is 9.06. The number of benzene rings is 4. The summed E-state index contributed by atoms with van der Waals surface area (Å²) in [5.74, 6) is 1.58. The van der Waals surface area contributed by atoms with E-state index in [2.05, 4.69) is 0 Å². The van der Waals surface area contributed by atoms with Gasteiger partial charge in [-0.25, -0.2) is 0 Å². The van der Waals surface area contributed by atoms with Gasteiger partial charge in [0.05, 0.1) is 14.2 Å². The van der Waals surface area contributed by atoms with Crippen LogP contribution in [0.4, 0.5) is 0 Å². The van der Waals surface area contributed by atoms with Crippen molar-refractivity contribution >= 4 is 23.5 Å². The van der Waals surface area contributed by atoms with Crippen LogP contribution in [0.25, 0.3) is 0 Å². The molecule has 6 heteroatoms. The molecule has 0 saturated carbocycles. The molecule has 4 nitrogen and oxygen atoms in total. The van der Waals surface area contributed by atoms with Crippen molar-refractivity contribution < 1.29 is 19.7 Å². The summed E-state index contributed by atoms with van der Waals surface area (Å²) in [6.07, 6.45) is 0. The van der Waals surface area contributed by atoms with Crippen molar-refractivity contribution in [2.75, 3.05) is 14.2 Å². The first-order chi connectivity index (χ1) is 17.3. The highest BCUT2D eigenvalue weighted by Gasteiger charge is 2.47. The van der Waals surface area contributed by atoms with E-state index in [9.17, 15) is 10.2 Å². The highest BCUT2D eigenvalue weighted by atomic mass is 32.2. The minimum absolute atomic E-state index is 0.713. The Morgan fingerprint density at radius 2 is 0.944 bits per heavy atom. The molecule has 0 spiro atoms. The summed E-state index contributed by atoms with van der Waals surface area (Å²) in [5, 5.41) is 24.1. The predicted molar refractivity (Wildman–Crippen MR) is 144 cm³/mol. The molecule has 0 bridgehead atoms. The van der Waals surface area contributed by atoms with E-state index in [4.69, 9.17) is 9.47 Å². The third-order valence-corrected chi connectivity index (χ3v) is 8.79. The number of rotatable bonds is 6. The van der Waals surface area contributed by atoms with Crippen LogP contribution < -0.4 is 9.47 Å². The van der Waals surface area contributed by atoms with Gasteiger partial charge in [-0.1, -0.05) is 47.8 Å². The fourth-order valence-corrected chi connectivity index (χ4v) is 7.03. The molecule has 0 amide bonds. The number of fused-ring (bicyclic) bond motifs is 2. The largest absolute Gasteiger partial charge is 0.497 e. The average Bonchev–Trinajstić information content (AvgIpc) is 2.88. The Bertz CT molecular complexity index is 1290. The normalized spacial score (nSPS) is 20.4. The van der Waals surface area contributed by atoms with Crippen molar-refractivity contribution in [2.45, 2.75) is 44.6 Å². The maximum absolute atomic E-state index is 12.2. The van der Waals surface area contributed by atoms with Gasteiger partial charge in [0.1, 0.15) is 22.7 Å². The second kappa shape index (κ2) is 9.52. The van der Waals surface area contributed by atoms with E-state index in [-0.39, 0.29) is 0 Å². The molecule has 0 saturated heterocycles. The van der Waals surface area contributed by atoms with E-state index in [1.54, 1.807) is 37.7 Å². The summed E-state index contributed by atoms with van der Waals surface area (Å²) >= 11 is 3.13. The Labute approximate surface area is 220 Å². The molecule has 36 heavy (non-hydrogen) atoms. The van der Waals surface area contributed by atoms with E-state index in [0.717, 1.165) is 42.2 Å². The highest BCUT2D eigenvalue weighted by Crippen LogP contribution is 2.54. The molecule has 0 atom stereocenters. The van der Waals surface area contributed by atoms with Gasteiger partial charge in [0, 0.05) is 30.7 Å². The van der Waals surface area contributed by atoms with Crippen molar-refractivity contribution in [1.82, 2.24) is 0 Å². The van der Waals surface area contributed by atoms with Crippen molar-refractivity contribution in [3.63, 3.8) is 0 Å². The number of hydrogen-bond acceptors (Lipinski definition) is 6. The maximum atomic E-state index is 12.2. The summed E-state index contributed by atoms with van der Waals surface area (Å²) in [4.78, 5) is 3.84. The molecular weight excluding hydrogens is 488 g/mol. The summed E-state index contributed by atoms with van der Waals surface area (Å²) in [6.45, 7) is 3.64. The van der Waals surface area contributed by atoms with Gasteiger partial charge < -0.3 is 19.7 Å². The van der Waals surface area contributed by atoms with Gasteiger partial charge in [0.2, 0.25) is 0 Å². The Morgan fingerprint density at radius 1 is 0.556 bits per heavy atom. The standard InChI is InChI=1S/C30H28O4S2/c1-29(31)23-7-5-9-25(35-21-15-11-19(33-3)12-16-21)27(23)30(2,32)28-24(29)8-6-10-26(28)36-22-17-13-20(34-4)14-18-22/h5-18,31-32H,1-4H3. The fourth-order valence-electron chi connectivity index (χ4n) is 4.86. The van der Waals surface area contributed by atoms with Crippen molar-refractivity contribution in [1.29, 1.82) is 0 Å². The quantitative estimate of drug-likeness (QED) is 0.293. The molecule has 0 radical (unpaired) electrons. The highest BCUT2D eigenvalue weighted by molar-refractivity contribution is 7.99. The first-order valence-electron chi connectivity index (χ1n) is 11.6. The van der Waals surface area contributed by atoms with Crippen LogP contribution in [0.3, 0.4) is 0 Å². The van der Waals surface area contributed by atoms with Gasteiger partial charge in [-0.05, 0) is 85.6 Å². The van der Waals surface area contributed by atoms with Crippen molar-refractivity contribution in [3.8, 4) is 11.5 Å². The maximum Gasteiger partial charge on any atom is 0.118 e. The topological polar surface area (TPSA) is 58.9 Å². The Kier molecular flexibility index (Phi) is 6.55. The lowest BCUT2D eigenvalue weighted by Gasteiger charge is -2.43. The molecular formula is C30H28O4S2. The lowest BCUT2D eigenvalue weighted by Crippen LogP contribution is -2.40. The van der Waals surface area contributed by atoms with E-state index >= 15 is 0 Å². The summed E-state index contributed by atoms with van der Waals surface area (Å²) in [7, 11) is 3.29. The monoisotopic (exact) mass is 516 g/mol. The van der Waals surface area contributed by atoms with Gasteiger partial charge in [0.15, 0.2) is 0 Å². The SMILES string of the molecule is COc1ccc(Sc2cccc3c2C(C)(O)c2c(Sc4ccc(OC)cc4)cccc2C3(C)O)cc1. The van der Waals surface area contributed by atoms with Crippen LogP contribution in [0.5, 0.6) is 11.5 Å². The zero-order valence-corrected chi connectivity index (χ0v) is 22.2. The first kappa shape index (κ1) is 24.8. The Morgan fingerprint density at radius 3 is 1.31 bits per heavy atom. The van der Waals surface area contributed by atoms with E-state index in [0.29, 0.717) is 11.1 Å². The van der Waals surface area contributed by atoms with E-state index < -0.39 is 11.2 Å². The lowest BCUT2D eigenvalue weighted by molar-refractivity contribution is 0.0465. The van der Waals surface area contributed by atoms with Crippen molar-refractivity contribution in [2.24, 2.45) is 0 Å². The van der Waals surface area contributed by atoms with E-state index in [1.165, 1.54) is 0 Å². The Balaban J connectivity index is 1.62. The number of aliphatic hydroxyl groups is 2. The second-order valence-corrected chi connectivity index (χ2v) is 11.3. The molecule has 4 aromatic rings. The molecule has 184 valence electrons. The summed E-state index contributed by atoms with van der Waals surface area (Å²) in [6, 6.07) is 27.4. The minimum atomic E-state index is -1.32. The molecule has 4 aromatic carbocycles. The molecule has 0 fully saturated rings. The van der Waals surface area contributed by atoms with Crippen molar-refractivity contribution in [3.05, 3.63) is 107 Å². The molecule has 1 aliphatic carbocycles. The fraction of sp³-hybridized carbons (Fsp3) is 0.200. The van der Waals surface area contributed by atoms with Gasteiger partial charge >= 0.3 is 0 Å². The van der Waals surface area contributed by atoms with Crippen LogP contribution in [-0.2, 0) is 11.2 Å². The minimum Gasteiger partial charge on any atom is -0.497 e. The molecule has 5 rings (SSSR count). The van der Waals surface area contributed by atoms with Crippen LogP contribution in [0, 0.1) is 0 Å². The number of methoxy groups -OCH3 is 2. The third-order valence-electron chi connectivity index (χ3n) is 6.65. The van der Waals surface area contributed by atoms with Gasteiger partial charge in [0.25, 0.3) is 0 Å². The number of hydrogen-bond donors (Lipinski definition) is 2. The molecule has 1 aliphatic rings. The zero-order chi connectivity index (χ0) is 25.5. The van der Waals surface area contributed by atoms with Crippen LogP contribution in [-0.4, -0.2) is 24.4 Å². The average molecular weight is 517 g/mol. The smallest absolute Gasteiger partial charge is 0.118 e. The predicted octanol–water partition coefficient (Wildman–Crippen LogP) is 6.83. The van der Waals surface area contributed by atoms with Crippen LogP contribution in [0.2, 0.25) is 0 Å². The number of ether oxygens (including phenoxy) is 2. The van der Waals surface area contributed by atoms with Gasteiger partial charge in [-0.2, -0.15) is 0 Å². The summed E-state index contributed by atoms with van der Waals surface area (Å²) in [5.41, 5.74) is 0.297. The zero-order valence-electron chi connectivity index (χ0n) is 20.6. The molecule has 0 heterocycles. The Hall–Kier alpha value is -2.90. The van der Waals surface area contributed by atoms with Gasteiger partial charge in [-0.3, -0.25) is 0 Å². The lowest BCUT2D eigenvalue weighted by atomic mass is 9.69. The molecule has 0 unspecified atom stereocenters. The summed E-state index contributed by atoms with van der Waals surface area (Å²) < 4.78 is 10.6. The van der Waals surface area contributed by atoms with Gasteiger partial charge in [-0.15, -0.1) is 0 Å². The van der Waals surface area contributed by atoms with Crippen LogP contribution in [0.1, 0.15) is 36.1 Å². The van der Waals surface area contributed by atoms with Crippen LogP contribution >= 0.6 is 23.5 Å². The molecule has 2 N–H and O–H groups in total.